The lowest BCUT2D eigenvalue weighted by molar-refractivity contribution is -0.117. The van der Waals surface area contributed by atoms with Crippen molar-refractivity contribution in [3.63, 3.8) is 0 Å². The molecule has 76 valence electrons. The van der Waals surface area contributed by atoms with Gasteiger partial charge in [0.05, 0.1) is 5.69 Å². The minimum atomic E-state index is 0.125. The number of H-pyrrole nitrogens is 1. The Morgan fingerprint density at radius 1 is 1.53 bits per heavy atom. The van der Waals surface area contributed by atoms with Crippen LogP contribution in [0.3, 0.4) is 0 Å². The Hall–Kier alpha value is -1.84. The van der Waals surface area contributed by atoms with Gasteiger partial charge in [-0.2, -0.15) is 0 Å². The number of pyridine rings is 1. The molecular weight excluding hydrogens is 190 g/mol. The zero-order chi connectivity index (χ0) is 10.3. The molecule has 1 saturated carbocycles. The smallest absolute Gasteiger partial charge is 0.227 e. The summed E-state index contributed by atoms with van der Waals surface area (Å²) in [5.41, 5.74) is 1.64. The lowest BCUT2D eigenvalue weighted by atomic mass is 10.3. The number of carbonyl (C=O) groups excluding carboxylic acids is 1. The van der Waals surface area contributed by atoms with Crippen LogP contribution < -0.4 is 5.32 Å². The quantitative estimate of drug-likeness (QED) is 0.779. The van der Waals surface area contributed by atoms with Gasteiger partial charge in [0, 0.05) is 23.7 Å². The molecule has 0 atom stereocenters. The van der Waals surface area contributed by atoms with Crippen LogP contribution in [0.4, 0.5) is 5.69 Å². The highest BCUT2D eigenvalue weighted by Crippen LogP contribution is 2.31. The Morgan fingerprint density at radius 3 is 3.20 bits per heavy atom. The van der Waals surface area contributed by atoms with E-state index in [1.807, 2.05) is 12.1 Å². The highest BCUT2D eigenvalue weighted by molar-refractivity contribution is 6.02. The van der Waals surface area contributed by atoms with E-state index in [2.05, 4.69) is 15.3 Å². The number of hydrogen-bond acceptors (Lipinski definition) is 2. The molecule has 2 aromatic rings. The molecule has 2 N–H and O–H groups in total. The van der Waals surface area contributed by atoms with Crippen LogP contribution in [0.5, 0.6) is 0 Å². The number of aromatic nitrogens is 2. The van der Waals surface area contributed by atoms with Gasteiger partial charge in [-0.25, -0.2) is 4.98 Å². The lowest BCUT2D eigenvalue weighted by Gasteiger charge is -2.00. The summed E-state index contributed by atoms with van der Waals surface area (Å²) in [5.74, 6) is 0.353. The second-order valence-electron chi connectivity index (χ2n) is 3.87. The fourth-order valence-corrected chi connectivity index (χ4v) is 1.64. The maximum absolute atomic E-state index is 11.6. The third-order valence-corrected chi connectivity index (χ3v) is 2.66. The normalized spacial score (nSPS) is 15.5. The standard InChI is InChI=1S/C11H11N3O/c15-11(7-3-4-7)14-9-6-13-10-8(9)2-1-5-12-10/h1-2,5-7H,3-4H2,(H,12,13)(H,14,15). The topological polar surface area (TPSA) is 57.8 Å². The van der Waals surface area contributed by atoms with Crippen molar-refractivity contribution in [2.75, 3.05) is 5.32 Å². The van der Waals surface area contributed by atoms with E-state index in [0.29, 0.717) is 0 Å². The molecule has 1 fully saturated rings. The summed E-state index contributed by atoms with van der Waals surface area (Å²) in [4.78, 5) is 18.8. The molecular formula is C11H11N3O. The first-order valence-corrected chi connectivity index (χ1v) is 5.07. The molecule has 0 aromatic carbocycles. The first-order chi connectivity index (χ1) is 7.34. The van der Waals surface area contributed by atoms with Crippen LogP contribution in [-0.4, -0.2) is 15.9 Å². The maximum Gasteiger partial charge on any atom is 0.227 e. The van der Waals surface area contributed by atoms with Gasteiger partial charge in [-0.3, -0.25) is 4.79 Å². The number of rotatable bonds is 2. The van der Waals surface area contributed by atoms with Gasteiger partial charge in [-0.1, -0.05) is 0 Å². The summed E-state index contributed by atoms with van der Waals surface area (Å²) in [6.07, 6.45) is 5.56. The summed E-state index contributed by atoms with van der Waals surface area (Å²) >= 11 is 0. The van der Waals surface area contributed by atoms with Gasteiger partial charge in [-0.05, 0) is 25.0 Å². The van der Waals surface area contributed by atoms with Crippen molar-refractivity contribution in [3.05, 3.63) is 24.5 Å². The van der Waals surface area contributed by atoms with E-state index in [9.17, 15) is 4.79 Å². The molecule has 2 heterocycles. The van der Waals surface area contributed by atoms with Crippen LogP contribution in [0.1, 0.15) is 12.8 Å². The fraction of sp³-hybridized carbons (Fsp3) is 0.273. The van der Waals surface area contributed by atoms with E-state index in [1.165, 1.54) is 0 Å². The third-order valence-electron chi connectivity index (χ3n) is 2.66. The van der Waals surface area contributed by atoms with Crippen LogP contribution in [0, 0.1) is 5.92 Å². The van der Waals surface area contributed by atoms with Gasteiger partial charge in [0.25, 0.3) is 0 Å². The molecule has 0 unspecified atom stereocenters. The number of nitrogens with zero attached hydrogens (tertiary/aromatic N) is 1. The van der Waals surface area contributed by atoms with E-state index in [1.54, 1.807) is 12.4 Å². The first kappa shape index (κ1) is 8.47. The van der Waals surface area contributed by atoms with Crippen LogP contribution in [0.25, 0.3) is 11.0 Å². The van der Waals surface area contributed by atoms with E-state index < -0.39 is 0 Å². The Bertz CT molecular complexity index is 513. The first-order valence-electron chi connectivity index (χ1n) is 5.07. The van der Waals surface area contributed by atoms with Crippen molar-refractivity contribution in [3.8, 4) is 0 Å². The van der Waals surface area contributed by atoms with Gasteiger partial charge in [-0.15, -0.1) is 0 Å². The molecule has 3 rings (SSSR count). The molecule has 4 nitrogen and oxygen atoms in total. The van der Waals surface area contributed by atoms with Crippen LogP contribution in [-0.2, 0) is 4.79 Å². The minimum Gasteiger partial charge on any atom is -0.344 e. The molecule has 0 bridgehead atoms. The predicted molar refractivity (Wildman–Crippen MR) is 57.4 cm³/mol. The molecule has 1 aliphatic rings. The highest BCUT2D eigenvalue weighted by Gasteiger charge is 2.29. The number of hydrogen-bond donors (Lipinski definition) is 2. The molecule has 0 spiro atoms. The fourth-order valence-electron chi connectivity index (χ4n) is 1.64. The second kappa shape index (κ2) is 3.08. The van der Waals surface area contributed by atoms with Crippen molar-refractivity contribution < 1.29 is 4.79 Å². The molecule has 4 heteroatoms. The molecule has 15 heavy (non-hydrogen) atoms. The van der Waals surface area contributed by atoms with E-state index in [0.717, 1.165) is 29.6 Å². The van der Waals surface area contributed by atoms with Gasteiger partial charge in [0.2, 0.25) is 5.91 Å². The summed E-state index contributed by atoms with van der Waals surface area (Å²) in [5, 5.41) is 3.88. The third kappa shape index (κ3) is 1.48. The molecule has 2 aromatic heterocycles. The number of carbonyl (C=O) groups is 1. The van der Waals surface area contributed by atoms with E-state index in [-0.39, 0.29) is 11.8 Å². The summed E-state index contributed by atoms with van der Waals surface area (Å²) in [7, 11) is 0. The monoisotopic (exact) mass is 201 g/mol. The van der Waals surface area contributed by atoms with Gasteiger partial charge in [0.15, 0.2) is 0 Å². The highest BCUT2D eigenvalue weighted by atomic mass is 16.2. The molecule has 1 amide bonds. The molecule has 1 aliphatic carbocycles. The van der Waals surface area contributed by atoms with Gasteiger partial charge < -0.3 is 10.3 Å². The number of aromatic amines is 1. The van der Waals surface area contributed by atoms with Gasteiger partial charge >= 0.3 is 0 Å². The summed E-state index contributed by atoms with van der Waals surface area (Å²) in [6.45, 7) is 0. The van der Waals surface area contributed by atoms with E-state index in [4.69, 9.17) is 0 Å². The summed E-state index contributed by atoms with van der Waals surface area (Å²) in [6, 6.07) is 3.81. The van der Waals surface area contributed by atoms with Crippen molar-refractivity contribution in [1.29, 1.82) is 0 Å². The Balaban J connectivity index is 1.93. The van der Waals surface area contributed by atoms with Crippen molar-refractivity contribution in [2.24, 2.45) is 5.92 Å². The lowest BCUT2D eigenvalue weighted by Crippen LogP contribution is -2.12. The Labute approximate surface area is 86.7 Å². The van der Waals surface area contributed by atoms with Crippen molar-refractivity contribution in [1.82, 2.24) is 9.97 Å². The zero-order valence-corrected chi connectivity index (χ0v) is 8.16. The van der Waals surface area contributed by atoms with Gasteiger partial charge in [0.1, 0.15) is 5.65 Å². The molecule has 0 aliphatic heterocycles. The van der Waals surface area contributed by atoms with Crippen LogP contribution in [0.15, 0.2) is 24.5 Å². The number of nitrogens with one attached hydrogen (secondary N) is 2. The van der Waals surface area contributed by atoms with E-state index >= 15 is 0 Å². The second-order valence-corrected chi connectivity index (χ2v) is 3.87. The Kier molecular flexibility index (Phi) is 1.74. The average molecular weight is 201 g/mol. The van der Waals surface area contributed by atoms with Crippen LogP contribution in [0.2, 0.25) is 0 Å². The minimum absolute atomic E-state index is 0.125. The van der Waals surface area contributed by atoms with Crippen LogP contribution >= 0.6 is 0 Å². The van der Waals surface area contributed by atoms with Crippen molar-refractivity contribution >= 4 is 22.6 Å². The largest absolute Gasteiger partial charge is 0.344 e. The molecule has 0 saturated heterocycles. The number of amides is 1. The van der Waals surface area contributed by atoms with Crippen molar-refractivity contribution in [2.45, 2.75) is 12.8 Å². The Morgan fingerprint density at radius 2 is 2.40 bits per heavy atom. The SMILES string of the molecule is O=C(Nc1c[nH]c2ncccc12)C1CC1. The summed E-state index contributed by atoms with van der Waals surface area (Å²) < 4.78 is 0. The average Bonchev–Trinajstić information content (AvgIpc) is 3.03. The number of fused-ring (bicyclic) bond motifs is 1. The predicted octanol–water partition coefficient (Wildman–Crippen LogP) is 1.91. The molecule has 0 radical (unpaired) electrons. The number of anilines is 1. The maximum atomic E-state index is 11.6. The zero-order valence-electron chi connectivity index (χ0n) is 8.16.